The molecule has 1 N–H and O–H groups in total. The summed E-state index contributed by atoms with van der Waals surface area (Å²) < 4.78 is 7.87. The summed E-state index contributed by atoms with van der Waals surface area (Å²) in [6.45, 7) is 2.21. The molecule has 2 heterocycles. The Kier molecular flexibility index (Phi) is 3.27. The normalized spacial score (nSPS) is 41.1. The zero-order valence-electron chi connectivity index (χ0n) is 16.0. The fourth-order valence-electron chi connectivity index (χ4n) is 7.07. The maximum atomic E-state index is 12.9. The summed E-state index contributed by atoms with van der Waals surface area (Å²) in [5.41, 5.74) is 1.63. The quantitative estimate of drug-likeness (QED) is 0.827. The Hall–Kier alpha value is -1.43. The van der Waals surface area contributed by atoms with E-state index in [4.69, 9.17) is 4.74 Å². The molecule has 6 heteroatoms. The van der Waals surface area contributed by atoms with Gasteiger partial charge in [-0.15, -0.1) is 5.10 Å². The van der Waals surface area contributed by atoms with E-state index < -0.39 is 6.10 Å². The van der Waals surface area contributed by atoms with Crippen molar-refractivity contribution >= 4 is 5.97 Å². The van der Waals surface area contributed by atoms with Crippen LogP contribution < -0.4 is 0 Å². The van der Waals surface area contributed by atoms with E-state index in [9.17, 15) is 9.90 Å². The van der Waals surface area contributed by atoms with Gasteiger partial charge >= 0.3 is 5.97 Å². The molecule has 1 aromatic heterocycles. The van der Waals surface area contributed by atoms with Crippen molar-refractivity contribution in [2.45, 2.75) is 77.0 Å². The summed E-state index contributed by atoms with van der Waals surface area (Å²) >= 11 is 0. The van der Waals surface area contributed by atoms with E-state index in [1.54, 1.807) is 17.8 Å². The van der Waals surface area contributed by atoms with E-state index in [0.29, 0.717) is 34.9 Å². The summed E-state index contributed by atoms with van der Waals surface area (Å²) in [5, 5.41) is 17.9. The Labute approximate surface area is 159 Å². The number of nitrogens with zero attached hydrogens (tertiary/aromatic N) is 3. The predicted molar refractivity (Wildman–Crippen MR) is 96.3 cm³/mol. The Morgan fingerprint density at radius 1 is 1.22 bits per heavy atom. The van der Waals surface area contributed by atoms with E-state index in [1.165, 1.54) is 44.9 Å². The zero-order valence-corrected chi connectivity index (χ0v) is 16.0. The number of aromatic nitrogens is 3. The molecule has 1 unspecified atom stereocenters. The van der Waals surface area contributed by atoms with E-state index in [-0.39, 0.29) is 18.0 Å². The highest BCUT2D eigenvalue weighted by atomic mass is 16.6. The number of aliphatic hydroxyl groups excluding tert-OH is 1. The molecule has 6 rings (SSSR count). The lowest BCUT2D eigenvalue weighted by Gasteiger charge is -2.33. The predicted octanol–water partition coefficient (Wildman–Crippen LogP) is 2.87. The standard InChI is InChI=1S/C21H29N3O3/c1-12(25)16-11-24(23-22-16)10-14-13-2-4-20(6-7-20)15-3-5-21(8-9-21)17(15)18(13)27-19(14)26/h11-15,17-18,25H,2-10H2,1H3/t12?,13-,14-,15+,17-,18-/m0/s1. The molecule has 6 nitrogen and oxygen atoms in total. The van der Waals surface area contributed by atoms with Crippen LogP contribution in [-0.4, -0.2) is 32.2 Å². The van der Waals surface area contributed by atoms with Crippen molar-refractivity contribution in [1.29, 1.82) is 0 Å². The molecule has 4 aliphatic carbocycles. The van der Waals surface area contributed by atoms with Crippen molar-refractivity contribution in [2.24, 2.45) is 34.5 Å². The number of fused-ring (bicyclic) bond motifs is 5. The first-order valence-electron chi connectivity index (χ1n) is 10.8. The van der Waals surface area contributed by atoms with Gasteiger partial charge in [0.15, 0.2) is 0 Å². The molecule has 27 heavy (non-hydrogen) atoms. The molecular weight excluding hydrogens is 342 g/mol. The van der Waals surface area contributed by atoms with Gasteiger partial charge in [0.25, 0.3) is 0 Å². The molecule has 1 aromatic rings. The van der Waals surface area contributed by atoms with E-state index in [0.717, 1.165) is 12.3 Å². The number of aliphatic hydroxyl groups is 1. The van der Waals surface area contributed by atoms with Gasteiger partial charge in [0.05, 0.1) is 24.8 Å². The smallest absolute Gasteiger partial charge is 0.311 e. The highest BCUT2D eigenvalue weighted by molar-refractivity contribution is 5.75. The molecule has 0 amide bonds. The van der Waals surface area contributed by atoms with E-state index in [2.05, 4.69) is 10.3 Å². The SMILES string of the molecule is CC(O)c1cn(C[C@@H]2C(=O)O[C@H]3[C@H]2CCC2(CC2)[C@@H]2CCC4(CC4)[C@H]32)nn1. The largest absolute Gasteiger partial charge is 0.461 e. The van der Waals surface area contributed by atoms with Crippen LogP contribution in [0.25, 0.3) is 0 Å². The summed E-state index contributed by atoms with van der Waals surface area (Å²) in [7, 11) is 0. The molecule has 2 spiro atoms. The summed E-state index contributed by atoms with van der Waals surface area (Å²) in [6.07, 6.45) is 11.8. The maximum absolute atomic E-state index is 12.9. The monoisotopic (exact) mass is 371 g/mol. The third-order valence-electron chi connectivity index (χ3n) is 8.86. The molecule has 0 bridgehead atoms. The molecule has 4 saturated carbocycles. The average Bonchev–Trinajstić information content (AvgIpc) is 3.47. The maximum Gasteiger partial charge on any atom is 0.311 e. The van der Waals surface area contributed by atoms with E-state index in [1.807, 2.05) is 0 Å². The highest BCUT2D eigenvalue weighted by Gasteiger charge is 2.69. The number of esters is 1. The number of carbonyl (C=O) groups is 1. The molecule has 146 valence electrons. The van der Waals surface area contributed by atoms with Crippen molar-refractivity contribution in [2.75, 3.05) is 0 Å². The van der Waals surface area contributed by atoms with Gasteiger partial charge in [-0.25, -0.2) is 0 Å². The minimum atomic E-state index is -0.636. The minimum absolute atomic E-state index is 0.0349. The number of hydrogen-bond acceptors (Lipinski definition) is 5. The Morgan fingerprint density at radius 3 is 2.63 bits per heavy atom. The van der Waals surface area contributed by atoms with Crippen molar-refractivity contribution in [3.05, 3.63) is 11.9 Å². The molecule has 0 aromatic carbocycles. The molecule has 6 atom stereocenters. The van der Waals surface area contributed by atoms with Crippen LogP contribution in [0.2, 0.25) is 0 Å². The van der Waals surface area contributed by atoms with Crippen molar-refractivity contribution in [1.82, 2.24) is 15.0 Å². The highest BCUT2D eigenvalue weighted by Crippen LogP contribution is 2.75. The van der Waals surface area contributed by atoms with Gasteiger partial charge in [0.1, 0.15) is 11.8 Å². The second kappa shape index (κ2) is 5.34. The average molecular weight is 371 g/mol. The topological polar surface area (TPSA) is 77.2 Å². The second-order valence-corrected chi connectivity index (χ2v) is 10.1. The van der Waals surface area contributed by atoms with Gasteiger partial charge in [-0.05, 0) is 75.0 Å². The van der Waals surface area contributed by atoms with Crippen LogP contribution in [0.3, 0.4) is 0 Å². The first-order valence-corrected chi connectivity index (χ1v) is 10.8. The number of rotatable bonds is 3. The van der Waals surface area contributed by atoms with Crippen LogP contribution >= 0.6 is 0 Å². The third-order valence-corrected chi connectivity index (χ3v) is 8.86. The minimum Gasteiger partial charge on any atom is -0.461 e. The fraction of sp³-hybridized carbons (Fsp3) is 0.857. The second-order valence-electron chi connectivity index (χ2n) is 10.1. The van der Waals surface area contributed by atoms with Crippen LogP contribution in [0.4, 0.5) is 0 Å². The number of carbonyl (C=O) groups excluding carboxylic acids is 1. The molecule has 0 radical (unpaired) electrons. The number of hydrogen-bond donors (Lipinski definition) is 1. The lowest BCUT2D eigenvalue weighted by atomic mass is 9.73. The first-order chi connectivity index (χ1) is 13.0. The van der Waals surface area contributed by atoms with Gasteiger partial charge in [0, 0.05) is 11.8 Å². The summed E-state index contributed by atoms with van der Waals surface area (Å²) in [6, 6.07) is 0. The van der Waals surface area contributed by atoms with Crippen molar-refractivity contribution in [3.8, 4) is 0 Å². The molecule has 5 aliphatic rings. The lowest BCUT2D eigenvalue weighted by molar-refractivity contribution is -0.147. The van der Waals surface area contributed by atoms with Crippen molar-refractivity contribution in [3.63, 3.8) is 0 Å². The van der Waals surface area contributed by atoms with Crippen LogP contribution in [0, 0.1) is 34.5 Å². The van der Waals surface area contributed by atoms with Crippen LogP contribution in [0.15, 0.2) is 6.20 Å². The third kappa shape index (κ3) is 2.31. The van der Waals surface area contributed by atoms with Gasteiger partial charge < -0.3 is 9.84 Å². The fourth-order valence-corrected chi connectivity index (χ4v) is 7.07. The van der Waals surface area contributed by atoms with Crippen LogP contribution in [0.5, 0.6) is 0 Å². The van der Waals surface area contributed by atoms with Gasteiger partial charge in [-0.2, -0.15) is 0 Å². The van der Waals surface area contributed by atoms with Crippen LogP contribution in [-0.2, 0) is 16.1 Å². The van der Waals surface area contributed by atoms with Crippen molar-refractivity contribution < 1.29 is 14.6 Å². The molecule has 1 aliphatic heterocycles. The zero-order chi connectivity index (χ0) is 18.4. The Bertz CT molecular complexity index is 779. The molecule has 1 saturated heterocycles. The summed E-state index contributed by atoms with van der Waals surface area (Å²) in [5.74, 6) is 1.55. The van der Waals surface area contributed by atoms with Gasteiger partial charge in [-0.3, -0.25) is 9.48 Å². The molecule has 5 fully saturated rings. The molecular formula is C21H29N3O3. The number of ether oxygens (including phenoxy) is 1. The first kappa shape index (κ1) is 16.5. The van der Waals surface area contributed by atoms with E-state index >= 15 is 0 Å². The Morgan fingerprint density at radius 2 is 1.96 bits per heavy atom. The van der Waals surface area contributed by atoms with Gasteiger partial charge in [0.2, 0.25) is 0 Å². The lowest BCUT2D eigenvalue weighted by Crippen LogP contribution is -2.35. The summed E-state index contributed by atoms with van der Waals surface area (Å²) in [4.78, 5) is 12.9. The Balaban J connectivity index is 1.30. The van der Waals surface area contributed by atoms with Crippen LogP contribution in [0.1, 0.15) is 70.1 Å². The van der Waals surface area contributed by atoms with Gasteiger partial charge in [-0.1, -0.05) is 5.21 Å².